The molecule has 0 amide bonds. The van der Waals surface area contributed by atoms with E-state index in [1.165, 1.54) is 81.8 Å². The van der Waals surface area contributed by atoms with E-state index in [0.29, 0.717) is 29.1 Å². The zero-order valence-electron chi connectivity index (χ0n) is 40.8. The Labute approximate surface area is 499 Å². The van der Waals surface area contributed by atoms with E-state index in [-0.39, 0.29) is 52.7 Å². The first-order valence-electron chi connectivity index (χ1n) is 24.0. The summed E-state index contributed by atoms with van der Waals surface area (Å²) >= 11 is 19.9. The van der Waals surface area contributed by atoms with E-state index in [0.717, 1.165) is 65.3 Å². The van der Waals surface area contributed by atoms with Gasteiger partial charge in [-0.15, -0.1) is 0 Å². The van der Waals surface area contributed by atoms with Crippen LogP contribution in [0.15, 0.2) is 163 Å². The van der Waals surface area contributed by atoms with E-state index in [9.17, 15) is 0 Å². The van der Waals surface area contributed by atoms with E-state index in [4.69, 9.17) is 31.3 Å². The van der Waals surface area contributed by atoms with Gasteiger partial charge >= 0.3 is 23.1 Å². The Morgan fingerprint density at radius 2 is 0.712 bits per heavy atom. The van der Waals surface area contributed by atoms with Crippen molar-refractivity contribution in [3.8, 4) is 56.9 Å². The van der Waals surface area contributed by atoms with Crippen molar-refractivity contribution < 1.29 is 21.7 Å². The average molecular weight is 1330 g/mol. The number of rotatable bonds is 15. The minimum Gasteiger partial charge on any atom is -1.00 e. The molecule has 0 unspecified atom stereocenters. The summed E-state index contributed by atoms with van der Waals surface area (Å²) in [6, 6.07) is 51.6. The standard InChI is InChI=1S/C27H25Br2N3.C15H8Br2ClN3.C12H17.C4H8O.CH4.BrH.Mg/c1-2-3-4-5-6-19-7-9-20(10-8-19)25-30-26(21-11-15-23(28)16-12-21)32-27(31-25)22-13-17-24(29)18-14-22;16-11-5-1-9(2-6-11)13-19-14(21-15(18)20-13)10-3-7-12(17)8-4-10;1-2-3-4-6-9-12-10-7-5-8-11-12;1-2-4-5-3-1;;;/h7-18H,2-6H2,1H3;1-8H;7-8,10-11H,2-4,6,9H2,1H3;1-4H2;1H4;1H;/q;;-1;;;;+2/p-1. The second-order valence-corrected chi connectivity index (χ2v) is 20.6. The maximum atomic E-state index is 6.03. The molecule has 1 aliphatic heterocycles. The van der Waals surface area contributed by atoms with Gasteiger partial charge in [-0.2, -0.15) is 45.9 Å². The topological polar surface area (TPSA) is 86.6 Å². The molecule has 0 aliphatic carbocycles. The number of halogens is 6. The maximum absolute atomic E-state index is 6.03. The first-order valence-corrected chi connectivity index (χ1v) is 27.6. The van der Waals surface area contributed by atoms with Crippen molar-refractivity contribution in [2.45, 2.75) is 98.3 Å². The number of ether oxygens (including phenoxy) is 1. The van der Waals surface area contributed by atoms with Crippen LogP contribution in [0.25, 0.3) is 56.9 Å². The summed E-state index contributed by atoms with van der Waals surface area (Å²) in [5, 5.41) is 0.181. The zero-order chi connectivity index (χ0) is 49.3. The fraction of sp³-hybridized carbons (Fsp3) is 0.288. The molecule has 7 nitrogen and oxygen atoms in total. The molecule has 1 saturated heterocycles. The third-order valence-electron chi connectivity index (χ3n) is 11.1. The fourth-order valence-corrected chi connectivity index (χ4v) is 8.42. The van der Waals surface area contributed by atoms with Gasteiger partial charge in [0.2, 0.25) is 5.28 Å². The molecule has 2 aromatic heterocycles. The van der Waals surface area contributed by atoms with Crippen LogP contribution in [0.3, 0.4) is 0 Å². The van der Waals surface area contributed by atoms with Crippen molar-refractivity contribution >= 4 is 98.4 Å². The maximum Gasteiger partial charge on any atom is 2.00 e. The molecule has 9 rings (SSSR count). The van der Waals surface area contributed by atoms with Gasteiger partial charge in [0.05, 0.1) is 0 Å². The molecule has 0 atom stereocenters. The molecule has 0 N–H and O–H groups in total. The summed E-state index contributed by atoms with van der Waals surface area (Å²) in [6.07, 6.45) is 15.4. The van der Waals surface area contributed by atoms with Crippen LogP contribution in [0, 0.1) is 6.07 Å². The van der Waals surface area contributed by atoms with Crippen LogP contribution in [-0.4, -0.2) is 66.2 Å². The molecule has 378 valence electrons. The Balaban J connectivity index is 0.000000294. The third-order valence-corrected chi connectivity index (χ3v) is 13.4. The van der Waals surface area contributed by atoms with Gasteiger partial charge < -0.3 is 21.7 Å². The van der Waals surface area contributed by atoms with Crippen molar-refractivity contribution in [3.05, 3.63) is 186 Å². The Bertz CT molecular complexity index is 2620. The smallest absolute Gasteiger partial charge is 1.00 e. The zero-order valence-corrected chi connectivity index (χ0v) is 50.9. The van der Waals surface area contributed by atoms with Gasteiger partial charge in [-0.1, -0.05) is 209 Å². The van der Waals surface area contributed by atoms with Gasteiger partial charge in [0.1, 0.15) is 0 Å². The van der Waals surface area contributed by atoms with Crippen LogP contribution >= 0.6 is 75.3 Å². The van der Waals surface area contributed by atoms with Crippen LogP contribution in [0.2, 0.25) is 5.28 Å². The predicted molar refractivity (Wildman–Crippen MR) is 316 cm³/mol. The molecule has 6 aromatic carbocycles. The van der Waals surface area contributed by atoms with E-state index >= 15 is 0 Å². The number of aromatic nitrogens is 6. The SMILES string of the molecule is C.C1CCOC1.CCCCCCc1cc[c-]cc1.CCCCCCc1ccc(-c2nc(-c3ccc(Br)cc3)nc(-c3ccc(Br)cc3)n2)cc1.Clc1nc(-c2ccc(Br)cc2)nc(-c2ccc(Br)cc2)n1.[Br-].[Mg+2]. The summed E-state index contributed by atoms with van der Waals surface area (Å²) < 4.78 is 9.00. The minimum absolute atomic E-state index is 0. The molecule has 14 heteroatoms. The van der Waals surface area contributed by atoms with Crippen LogP contribution in [0.1, 0.15) is 96.6 Å². The monoisotopic (exact) mass is 1320 g/mol. The first-order chi connectivity index (χ1) is 34.2. The van der Waals surface area contributed by atoms with Gasteiger partial charge in [-0.3, -0.25) is 0 Å². The molecule has 0 radical (unpaired) electrons. The number of nitrogens with zero attached hydrogens (tertiary/aromatic N) is 6. The van der Waals surface area contributed by atoms with Gasteiger partial charge in [-0.05, 0) is 91.4 Å². The van der Waals surface area contributed by atoms with Crippen molar-refractivity contribution in [3.63, 3.8) is 0 Å². The molecular weight excluding hydrogens is 1270 g/mol. The Hall–Kier alpha value is -3.24. The average Bonchev–Trinajstić information content (AvgIpc) is 3.99. The minimum atomic E-state index is 0. The Kier molecular flexibility index (Phi) is 31.5. The van der Waals surface area contributed by atoms with E-state index in [2.05, 4.69) is 135 Å². The van der Waals surface area contributed by atoms with Crippen LogP contribution in [0.5, 0.6) is 0 Å². The molecule has 1 fully saturated rings. The van der Waals surface area contributed by atoms with Crippen molar-refractivity contribution in [2.24, 2.45) is 0 Å². The van der Waals surface area contributed by atoms with Crippen LogP contribution < -0.4 is 17.0 Å². The van der Waals surface area contributed by atoms with Gasteiger partial charge in [0.15, 0.2) is 29.1 Å². The van der Waals surface area contributed by atoms with Gasteiger partial charge in [0, 0.05) is 58.9 Å². The van der Waals surface area contributed by atoms with Crippen LogP contribution in [-0.2, 0) is 17.6 Å². The van der Waals surface area contributed by atoms with Crippen molar-refractivity contribution in [1.29, 1.82) is 0 Å². The molecule has 0 bridgehead atoms. The summed E-state index contributed by atoms with van der Waals surface area (Å²) in [7, 11) is 0. The number of hydrogen-bond donors (Lipinski definition) is 0. The summed E-state index contributed by atoms with van der Waals surface area (Å²) in [6.45, 7) is 6.49. The number of benzene rings is 6. The van der Waals surface area contributed by atoms with Crippen LogP contribution in [0.4, 0.5) is 0 Å². The quantitative estimate of drug-likeness (QED) is 0.0574. The van der Waals surface area contributed by atoms with Crippen molar-refractivity contribution in [2.75, 3.05) is 13.2 Å². The van der Waals surface area contributed by atoms with E-state index in [1.807, 2.05) is 109 Å². The number of hydrogen-bond acceptors (Lipinski definition) is 7. The normalized spacial score (nSPS) is 11.2. The number of aryl methyl sites for hydroxylation is 2. The molecule has 8 aromatic rings. The molecule has 0 spiro atoms. The predicted octanol–water partition coefficient (Wildman–Crippen LogP) is 15.6. The van der Waals surface area contributed by atoms with Crippen molar-refractivity contribution in [1.82, 2.24) is 29.9 Å². The number of unbranched alkanes of at least 4 members (excludes halogenated alkanes) is 6. The summed E-state index contributed by atoms with van der Waals surface area (Å²) in [5.41, 5.74) is 7.51. The summed E-state index contributed by atoms with van der Waals surface area (Å²) in [5.74, 6) is 3.14. The largest absolute Gasteiger partial charge is 2.00 e. The fourth-order valence-electron chi connectivity index (χ4n) is 7.20. The molecule has 0 saturated carbocycles. The second kappa shape index (κ2) is 35.9. The van der Waals surface area contributed by atoms with Gasteiger partial charge in [-0.25, -0.2) is 19.9 Å². The molecule has 1 aliphatic rings. The Morgan fingerprint density at radius 3 is 1.00 bits per heavy atom. The van der Waals surface area contributed by atoms with Gasteiger partial charge in [0.25, 0.3) is 0 Å². The second-order valence-electron chi connectivity index (χ2n) is 16.6. The van der Waals surface area contributed by atoms with E-state index in [1.54, 1.807) is 0 Å². The molecule has 73 heavy (non-hydrogen) atoms. The molecular formula is C59H62Br5ClMgN6O. The first kappa shape index (κ1) is 64.0. The molecule has 3 heterocycles. The third kappa shape index (κ3) is 22.9. The van der Waals surface area contributed by atoms with E-state index < -0.39 is 0 Å². The summed E-state index contributed by atoms with van der Waals surface area (Å²) in [4.78, 5) is 27.3. The Morgan fingerprint density at radius 1 is 0.425 bits per heavy atom.